The summed E-state index contributed by atoms with van der Waals surface area (Å²) >= 11 is 0. The zero-order valence-electron chi connectivity index (χ0n) is 13.2. The molecule has 0 saturated carbocycles. The Morgan fingerprint density at radius 1 is 1.12 bits per heavy atom. The molecule has 0 aliphatic heterocycles. The summed E-state index contributed by atoms with van der Waals surface area (Å²) < 4.78 is 22.0. The van der Waals surface area contributed by atoms with Gasteiger partial charge in [0, 0.05) is 5.56 Å². The average Bonchev–Trinajstić information content (AvgIpc) is 3.37. The lowest BCUT2D eigenvalue weighted by molar-refractivity contribution is 0.415. The van der Waals surface area contributed by atoms with Gasteiger partial charge in [0.15, 0.2) is 5.76 Å². The van der Waals surface area contributed by atoms with Crippen LogP contribution in [0.5, 0.6) is 5.75 Å². The Kier molecular flexibility index (Phi) is 3.70. The molecule has 0 aliphatic rings. The molecule has 0 atom stereocenters. The van der Waals surface area contributed by atoms with E-state index in [0.29, 0.717) is 17.3 Å². The van der Waals surface area contributed by atoms with Crippen molar-refractivity contribution in [2.75, 3.05) is 7.11 Å². The fourth-order valence-corrected chi connectivity index (χ4v) is 2.31. The summed E-state index contributed by atoms with van der Waals surface area (Å²) in [6, 6.07) is 10.7. The molecule has 126 valence electrons. The van der Waals surface area contributed by atoms with E-state index in [2.05, 4.69) is 10.1 Å². The summed E-state index contributed by atoms with van der Waals surface area (Å²) in [5.41, 5.74) is 1.35. The summed E-state index contributed by atoms with van der Waals surface area (Å²) in [7, 11) is 1.60. The average molecular weight is 339 g/mol. The van der Waals surface area contributed by atoms with Crippen molar-refractivity contribution in [2.24, 2.45) is 0 Å². The van der Waals surface area contributed by atoms with Gasteiger partial charge < -0.3 is 18.0 Å². The van der Waals surface area contributed by atoms with E-state index in [9.17, 15) is 4.79 Å². The molecule has 0 bridgehead atoms. The number of rotatable bonds is 5. The third-order valence-corrected chi connectivity index (χ3v) is 3.54. The van der Waals surface area contributed by atoms with Crippen molar-refractivity contribution >= 4 is 0 Å². The number of nitrogens with zero attached hydrogens (tertiary/aromatic N) is 3. The van der Waals surface area contributed by atoms with Gasteiger partial charge in [-0.15, -0.1) is 5.10 Å². The molecule has 0 saturated heterocycles. The van der Waals surface area contributed by atoms with E-state index in [4.69, 9.17) is 18.0 Å². The van der Waals surface area contributed by atoms with Crippen LogP contribution < -0.4 is 10.5 Å². The largest absolute Gasteiger partial charge is 0.497 e. The van der Waals surface area contributed by atoms with Crippen molar-refractivity contribution in [3.05, 3.63) is 65.2 Å². The standard InChI is InChI=1S/C17H13N3O5/c1-22-13-6-4-11(5-7-13)15-18-12(10-24-15)9-20-17(21)25-16(19-20)14-3-2-8-23-14/h2-8,10H,9H2,1H3. The Morgan fingerprint density at radius 3 is 2.68 bits per heavy atom. The molecule has 0 amide bonds. The first-order chi connectivity index (χ1) is 12.2. The monoisotopic (exact) mass is 339 g/mol. The van der Waals surface area contributed by atoms with Crippen LogP contribution in [0.3, 0.4) is 0 Å². The maximum Gasteiger partial charge on any atom is 0.437 e. The van der Waals surface area contributed by atoms with Gasteiger partial charge in [-0.2, -0.15) is 4.68 Å². The Morgan fingerprint density at radius 2 is 1.96 bits per heavy atom. The number of aromatic nitrogens is 3. The summed E-state index contributed by atoms with van der Waals surface area (Å²) in [6.07, 6.45) is 2.96. The van der Waals surface area contributed by atoms with E-state index in [-0.39, 0.29) is 12.4 Å². The lowest BCUT2D eigenvalue weighted by Crippen LogP contribution is -2.16. The van der Waals surface area contributed by atoms with Crippen LogP contribution >= 0.6 is 0 Å². The Hall–Kier alpha value is -3.55. The number of hydrogen-bond acceptors (Lipinski definition) is 7. The predicted molar refractivity (Wildman–Crippen MR) is 86.1 cm³/mol. The molecule has 1 aromatic carbocycles. The number of oxazole rings is 1. The van der Waals surface area contributed by atoms with Crippen LogP contribution in [0.4, 0.5) is 0 Å². The van der Waals surface area contributed by atoms with Crippen molar-refractivity contribution in [1.82, 2.24) is 14.8 Å². The first-order valence-corrected chi connectivity index (χ1v) is 7.43. The minimum absolute atomic E-state index is 0.119. The van der Waals surface area contributed by atoms with Gasteiger partial charge in [-0.05, 0) is 36.4 Å². The SMILES string of the molecule is COc1ccc(-c2nc(Cn3nc(-c4ccco4)oc3=O)co2)cc1. The van der Waals surface area contributed by atoms with Crippen LogP contribution in [0.25, 0.3) is 23.1 Å². The Balaban J connectivity index is 1.56. The lowest BCUT2D eigenvalue weighted by Gasteiger charge is -1.99. The van der Waals surface area contributed by atoms with Crippen molar-refractivity contribution < 1.29 is 18.0 Å². The second-order valence-electron chi connectivity index (χ2n) is 5.18. The molecule has 4 rings (SSSR count). The minimum Gasteiger partial charge on any atom is -0.497 e. The van der Waals surface area contributed by atoms with Crippen LogP contribution in [0.15, 0.2) is 67.0 Å². The highest BCUT2D eigenvalue weighted by molar-refractivity contribution is 5.54. The van der Waals surface area contributed by atoms with Gasteiger partial charge >= 0.3 is 5.76 Å². The molecule has 25 heavy (non-hydrogen) atoms. The predicted octanol–water partition coefficient (Wildman–Crippen LogP) is 2.81. The van der Waals surface area contributed by atoms with Gasteiger partial charge in [0.25, 0.3) is 5.89 Å². The third kappa shape index (κ3) is 2.97. The van der Waals surface area contributed by atoms with E-state index in [1.165, 1.54) is 12.5 Å². The number of furan rings is 1. The van der Waals surface area contributed by atoms with E-state index in [1.807, 2.05) is 24.3 Å². The maximum absolute atomic E-state index is 11.9. The second kappa shape index (κ2) is 6.16. The first-order valence-electron chi connectivity index (χ1n) is 7.43. The Labute approximate surface area is 141 Å². The molecule has 8 nitrogen and oxygen atoms in total. The summed E-state index contributed by atoms with van der Waals surface area (Å²) in [5.74, 6) is 1.10. The third-order valence-electron chi connectivity index (χ3n) is 3.54. The molecule has 4 aromatic rings. The molecule has 3 aromatic heterocycles. The van der Waals surface area contributed by atoms with Crippen LogP contribution in [-0.4, -0.2) is 21.9 Å². The molecule has 0 aliphatic carbocycles. The van der Waals surface area contributed by atoms with Crippen LogP contribution in [0.2, 0.25) is 0 Å². The molecule has 0 radical (unpaired) electrons. The van der Waals surface area contributed by atoms with Gasteiger partial charge in [-0.25, -0.2) is 9.78 Å². The molecular formula is C17H13N3O5. The molecule has 3 heterocycles. The smallest absolute Gasteiger partial charge is 0.437 e. The van der Waals surface area contributed by atoms with Crippen LogP contribution in [0.1, 0.15) is 5.69 Å². The van der Waals surface area contributed by atoms with Crippen molar-refractivity contribution in [2.45, 2.75) is 6.54 Å². The highest BCUT2D eigenvalue weighted by atomic mass is 16.5. The van der Waals surface area contributed by atoms with Gasteiger partial charge in [0.05, 0.1) is 19.9 Å². The summed E-state index contributed by atoms with van der Waals surface area (Å²) in [5, 5.41) is 4.10. The van der Waals surface area contributed by atoms with Gasteiger partial charge in [0.1, 0.15) is 17.7 Å². The minimum atomic E-state index is -0.597. The number of methoxy groups -OCH3 is 1. The number of hydrogen-bond donors (Lipinski definition) is 0. The highest BCUT2D eigenvalue weighted by Crippen LogP contribution is 2.22. The number of benzene rings is 1. The quantitative estimate of drug-likeness (QED) is 0.551. The fourth-order valence-electron chi connectivity index (χ4n) is 2.31. The summed E-state index contributed by atoms with van der Waals surface area (Å²) in [4.78, 5) is 16.3. The van der Waals surface area contributed by atoms with Crippen molar-refractivity contribution in [1.29, 1.82) is 0 Å². The molecule has 0 N–H and O–H groups in total. The first kappa shape index (κ1) is 15.0. The normalized spacial score (nSPS) is 10.9. The maximum atomic E-state index is 11.9. The fraction of sp³-hybridized carbons (Fsp3) is 0.118. The molecular weight excluding hydrogens is 326 g/mol. The highest BCUT2D eigenvalue weighted by Gasteiger charge is 2.14. The van der Waals surface area contributed by atoms with E-state index >= 15 is 0 Å². The topological polar surface area (TPSA) is 96.4 Å². The Bertz CT molecular complexity index is 1030. The van der Waals surface area contributed by atoms with Gasteiger partial charge in [0.2, 0.25) is 5.89 Å². The van der Waals surface area contributed by atoms with E-state index in [1.54, 1.807) is 19.2 Å². The summed E-state index contributed by atoms with van der Waals surface area (Å²) in [6.45, 7) is 0.128. The zero-order valence-corrected chi connectivity index (χ0v) is 13.2. The molecule has 8 heteroatoms. The number of ether oxygens (including phenoxy) is 1. The van der Waals surface area contributed by atoms with Gasteiger partial charge in [-0.1, -0.05) is 0 Å². The molecule has 0 spiro atoms. The second-order valence-corrected chi connectivity index (χ2v) is 5.18. The van der Waals surface area contributed by atoms with E-state index in [0.717, 1.165) is 16.0 Å². The van der Waals surface area contributed by atoms with E-state index < -0.39 is 5.76 Å². The van der Waals surface area contributed by atoms with Crippen LogP contribution in [0, 0.1) is 0 Å². The van der Waals surface area contributed by atoms with Crippen molar-refractivity contribution in [3.8, 4) is 28.9 Å². The molecule has 0 unspecified atom stereocenters. The lowest BCUT2D eigenvalue weighted by atomic mass is 10.2. The molecule has 0 fully saturated rings. The van der Waals surface area contributed by atoms with Crippen molar-refractivity contribution in [3.63, 3.8) is 0 Å². The van der Waals surface area contributed by atoms with Gasteiger partial charge in [-0.3, -0.25) is 0 Å². The zero-order chi connectivity index (χ0) is 17.2. The van der Waals surface area contributed by atoms with Crippen LogP contribution in [-0.2, 0) is 6.54 Å².